The quantitative estimate of drug-likeness (QED) is 0.141. The molecule has 1 unspecified atom stereocenters. The van der Waals surface area contributed by atoms with Crippen LogP contribution >= 0.6 is 0 Å². The van der Waals surface area contributed by atoms with E-state index in [2.05, 4.69) is 61.3 Å². The number of rotatable bonds is 16. The summed E-state index contributed by atoms with van der Waals surface area (Å²) in [5.41, 5.74) is -1.09. The lowest BCUT2D eigenvalue weighted by Gasteiger charge is -2.35. The molecule has 0 amide bonds. The van der Waals surface area contributed by atoms with Gasteiger partial charge < -0.3 is 23.7 Å². The highest BCUT2D eigenvalue weighted by molar-refractivity contribution is 5.82. The minimum absolute atomic E-state index is 0.0245. The van der Waals surface area contributed by atoms with Crippen LogP contribution in [0.5, 0.6) is 0 Å². The Labute approximate surface area is 204 Å². The van der Waals surface area contributed by atoms with E-state index in [-0.39, 0.29) is 50.0 Å². The van der Waals surface area contributed by atoms with Crippen LogP contribution in [0, 0.1) is 16.2 Å². The fourth-order valence-corrected chi connectivity index (χ4v) is 2.81. The molecule has 0 saturated heterocycles. The van der Waals surface area contributed by atoms with Crippen LogP contribution in [-0.4, -0.2) is 63.7 Å². The van der Waals surface area contributed by atoms with Crippen molar-refractivity contribution in [2.24, 2.45) is 16.2 Å². The fourth-order valence-electron chi connectivity index (χ4n) is 2.81. The molecule has 0 saturated carbocycles. The topological polar surface area (TPSA) is 97.4 Å². The van der Waals surface area contributed by atoms with Crippen molar-refractivity contribution in [2.75, 3.05) is 39.6 Å². The SMILES string of the molecule is C=CC(=O)OCC(COCCOC(CC(C)(C)C)C(C)(C)C)(COC(=O)C=C)COC(=O)C=C. The second kappa shape index (κ2) is 14.7. The van der Waals surface area contributed by atoms with Gasteiger partial charge in [-0.25, -0.2) is 14.4 Å². The molecule has 0 aromatic rings. The molecule has 0 fully saturated rings. The van der Waals surface area contributed by atoms with Crippen molar-refractivity contribution >= 4 is 17.9 Å². The summed E-state index contributed by atoms with van der Waals surface area (Å²) in [5, 5.41) is 0. The molecule has 0 rings (SSSR count). The largest absolute Gasteiger partial charge is 0.462 e. The van der Waals surface area contributed by atoms with Crippen molar-refractivity contribution in [3.05, 3.63) is 38.0 Å². The Morgan fingerprint density at radius 2 is 1.12 bits per heavy atom. The average molecular weight is 483 g/mol. The summed E-state index contributed by atoms with van der Waals surface area (Å²) < 4.78 is 27.5. The number of carbonyl (C=O) groups excluding carboxylic acids is 3. The van der Waals surface area contributed by atoms with E-state index in [1.807, 2.05) is 0 Å². The maximum Gasteiger partial charge on any atom is 0.330 e. The molecule has 1 atom stereocenters. The summed E-state index contributed by atoms with van der Waals surface area (Å²) in [7, 11) is 0. The molecule has 8 heteroatoms. The van der Waals surface area contributed by atoms with Crippen molar-refractivity contribution in [3.8, 4) is 0 Å². The van der Waals surface area contributed by atoms with E-state index in [0.29, 0.717) is 6.61 Å². The molecular weight excluding hydrogens is 440 g/mol. The van der Waals surface area contributed by atoms with Gasteiger partial charge in [0, 0.05) is 18.2 Å². The van der Waals surface area contributed by atoms with Gasteiger partial charge in [-0.1, -0.05) is 61.3 Å². The van der Waals surface area contributed by atoms with Crippen molar-refractivity contribution in [2.45, 2.75) is 54.1 Å². The van der Waals surface area contributed by atoms with E-state index in [1.54, 1.807) is 0 Å². The third-order valence-corrected chi connectivity index (χ3v) is 4.78. The van der Waals surface area contributed by atoms with Crippen molar-refractivity contribution in [1.82, 2.24) is 0 Å². The monoisotopic (exact) mass is 482 g/mol. The van der Waals surface area contributed by atoms with E-state index in [4.69, 9.17) is 23.7 Å². The van der Waals surface area contributed by atoms with Gasteiger partial charge in [-0.3, -0.25) is 0 Å². The summed E-state index contributed by atoms with van der Waals surface area (Å²) in [6, 6.07) is 0. The second-order valence-electron chi connectivity index (χ2n) is 10.5. The van der Waals surface area contributed by atoms with Gasteiger partial charge in [0.2, 0.25) is 0 Å². The van der Waals surface area contributed by atoms with Gasteiger partial charge in [-0.15, -0.1) is 0 Å². The van der Waals surface area contributed by atoms with E-state index >= 15 is 0 Å². The first-order valence-electron chi connectivity index (χ1n) is 11.2. The smallest absolute Gasteiger partial charge is 0.330 e. The zero-order valence-electron chi connectivity index (χ0n) is 21.6. The van der Waals surface area contributed by atoms with Crippen LogP contribution in [0.25, 0.3) is 0 Å². The van der Waals surface area contributed by atoms with Gasteiger partial charge in [0.25, 0.3) is 0 Å². The third kappa shape index (κ3) is 14.0. The lowest BCUT2D eigenvalue weighted by Crippen LogP contribution is -2.43. The Balaban J connectivity index is 5.29. The maximum absolute atomic E-state index is 11.7. The summed E-state index contributed by atoms with van der Waals surface area (Å²) in [6.45, 7) is 22.8. The van der Waals surface area contributed by atoms with Crippen molar-refractivity contribution in [1.29, 1.82) is 0 Å². The van der Waals surface area contributed by atoms with Crippen LogP contribution in [0.15, 0.2) is 38.0 Å². The molecule has 0 aromatic carbocycles. The van der Waals surface area contributed by atoms with Crippen LogP contribution in [0.1, 0.15) is 48.0 Å². The van der Waals surface area contributed by atoms with Crippen LogP contribution in [0.2, 0.25) is 0 Å². The molecule has 8 nitrogen and oxygen atoms in total. The van der Waals surface area contributed by atoms with Gasteiger partial charge in [0.05, 0.1) is 31.3 Å². The number of hydrogen-bond donors (Lipinski definition) is 0. The molecule has 194 valence electrons. The normalized spacial score (nSPS) is 12.9. The molecule has 0 radical (unpaired) electrons. The minimum Gasteiger partial charge on any atom is -0.462 e. The first kappa shape index (κ1) is 31.6. The maximum atomic E-state index is 11.7. The van der Waals surface area contributed by atoms with Crippen LogP contribution in [0.4, 0.5) is 0 Å². The molecule has 0 aliphatic rings. The highest BCUT2D eigenvalue weighted by Crippen LogP contribution is 2.32. The van der Waals surface area contributed by atoms with Crippen molar-refractivity contribution < 1.29 is 38.1 Å². The number of carbonyl (C=O) groups is 3. The van der Waals surface area contributed by atoms with Gasteiger partial charge in [0.1, 0.15) is 19.8 Å². The summed E-state index contributed by atoms with van der Waals surface area (Å²) in [6.07, 6.45) is 3.93. The highest BCUT2D eigenvalue weighted by Gasteiger charge is 2.36. The number of hydrogen-bond acceptors (Lipinski definition) is 8. The predicted molar refractivity (Wildman–Crippen MR) is 130 cm³/mol. The van der Waals surface area contributed by atoms with E-state index in [1.165, 1.54) is 0 Å². The number of esters is 3. The van der Waals surface area contributed by atoms with Gasteiger partial charge in [-0.2, -0.15) is 0 Å². The zero-order valence-corrected chi connectivity index (χ0v) is 21.6. The zero-order chi connectivity index (χ0) is 26.4. The molecule has 0 bridgehead atoms. The Morgan fingerprint density at radius 3 is 1.44 bits per heavy atom. The first-order chi connectivity index (χ1) is 15.7. The second-order valence-corrected chi connectivity index (χ2v) is 10.5. The molecule has 34 heavy (non-hydrogen) atoms. The lowest BCUT2D eigenvalue weighted by atomic mass is 9.78. The highest BCUT2D eigenvalue weighted by atomic mass is 16.6. The van der Waals surface area contributed by atoms with Gasteiger partial charge in [0.15, 0.2) is 0 Å². The molecule has 0 N–H and O–H groups in total. The van der Waals surface area contributed by atoms with Gasteiger partial charge >= 0.3 is 17.9 Å². The molecule has 0 aromatic heterocycles. The van der Waals surface area contributed by atoms with Crippen LogP contribution < -0.4 is 0 Å². The van der Waals surface area contributed by atoms with Crippen LogP contribution in [-0.2, 0) is 38.1 Å². The molecule has 0 aliphatic heterocycles. The number of ether oxygens (including phenoxy) is 5. The standard InChI is InChI=1S/C26H42O8/c1-10-21(27)32-17-26(18-33-22(28)11-2,19-34-23(29)12-3)16-30-13-14-31-20(25(7,8)9)15-24(4,5)6/h10-12,20H,1-3,13-19H2,4-9H3. The van der Waals surface area contributed by atoms with Gasteiger partial charge in [-0.05, 0) is 17.3 Å². The summed E-state index contributed by atoms with van der Waals surface area (Å²) >= 11 is 0. The Kier molecular flexibility index (Phi) is 13.7. The Morgan fingerprint density at radius 1 is 0.706 bits per heavy atom. The summed E-state index contributed by atoms with van der Waals surface area (Å²) in [5.74, 6) is -2.02. The molecule has 0 spiro atoms. The third-order valence-electron chi connectivity index (χ3n) is 4.78. The van der Waals surface area contributed by atoms with Crippen LogP contribution in [0.3, 0.4) is 0 Å². The Hall–Kier alpha value is -2.45. The van der Waals surface area contributed by atoms with E-state index in [9.17, 15) is 14.4 Å². The molecule has 0 aliphatic carbocycles. The van der Waals surface area contributed by atoms with E-state index < -0.39 is 23.3 Å². The summed E-state index contributed by atoms with van der Waals surface area (Å²) in [4.78, 5) is 35.0. The minimum atomic E-state index is -1.15. The molecule has 0 heterocycles. The first-order valence-corrected chi connectivity index (χ1v) is 11.2. The fraction of sp³-hybridized carbons (Fsp3) is 0.654. The lowest BCUT2D eigenvalue weighted by molar-refractivity contribution is -0.162. The van der Waals surface area contributed by atoms with E-state index in [0.717, 1.165) is 24.6 Å². The predicted octanol–water partition coefficient (Wildman–Crippen LogP) is 4.04. The Bertz CT molecular complexity index is 637. The average Bonchev–Trinajstić information content (AvgIpc) is 2.76. The van der Waals surface area contributed by atoms with Crippen molar-refractivity contribution in [3.63, 3.8) is 0 Å². The molecular formula is C26H42O8.